The van der Waals surface area contributed by atoms with Crippen LogP contribution in [0, 0.1) is 0 Å². The van der Waals surface area contributed by atoms with Crippen LogP contribution in [0.4, 0.5) is 5.69 Å². The molecular formula is C10H10NO2+. The van der Waals surface area contributed by atoms with Gasteiger partial charge >= 0.3 is 0 Å². The molecular weight excluding hydrogens is 166 g/mol. The van der Waals surface area contributed by atoms with Gasteiger partial charge in [0.15, 0.2) is 6.20 Å². The molecule has 2 N–H and O–H groups in total. The average molecular weight is 176 g/mol. The molecule has 1 aliphatic heterocycles. The Hall–Kier alpha value is -1.42. The third kappa shape index (κ3) is 1.40. The number of rotatable bonds is 0. The van der Waals surface area contributed by atoms with Gasteiger partial charge in [-0.25, -0.2) is 0 Å². The molecule has 1 aromatic carbocycles. The minimum absolute atomic E-state index is 0.451. The summed E-state index contributed by atoms with van der Waals surface area (Å²) >= 11 is 0. The zero-order chi connectivity index (χ0) is 9.31. The Kier molecular flexibility index (Phi) is 1.77. The molecule has 0 amide bonds. The number of hydroxylamine groups is 2. The van der Waals surface area contributed by atoms with E-state index in [9.17, 15) is 10.4 Å². The van der Waals surface area contributed by atoms with Crippen molar-refractivity contribution in [2.24, 2.45) is 0 Å². The minimum Gasteiger partial charge on any atom is -0.171 e. The lowest BCUT2D eigenvalue weighted by Gasteiger charge is -2.16. The lowest BCUT2D eigenvalue weighted by molar-refractivity contribution is -0.252. The van der Waals surface area contributed by atoms with Gasteiger partial charge in [-0.2, -0.15) is 10.4 Å². The summed E-state index contributed by atoms with van der Waals surface area (Å²) in [6, 6.07) is 7.13. The topological polar surface area (TPSA) is 40.5 Å². The van der Waals surface area contributed by atoms with Crippen molar-refractivity contribution in [1.82, 2.24) is 4.81 Å². The van der Waals surface area contributed by atoms with Crippen molar-refractivity contribution in [2.45, 2.75) is 0 Å². The van der Waals surface area contributed by atoms with E-state index < -0.39 is 4.81 Å². The van der Waals surface area contributed by atoms with Gasteiger partial charge in [-0.3, -0.25) is 0 Å². The second kappa shape index (κ2) is 2.81. The highest BCUT2D eigenvalue weighted by molar-refractivity contribution is 5.67. The summed E-state index contributed by atoms with van der Waals surface area (Å²) in [6.45, 7) is 0. The van der Waals surface area contributed by atoms with Crippen molar-refractivity contribution in [2.75, 3.05) is 0 Å². The van der Waals surface area contributed by atoms with E-state index in [0.29, 0.717) is 5.69 Å². The number of benzene rings is 1. The first-order valence-electron chi connectivity index (χ1n) is 4.00. The van der Waals surface area contributed by atoms with Crippen LogP contribution in [0.3, 0.4) is 0 Å². The lowest BCUT2D eigenvalue weighted by Crippen LogP contribution is -2.35. The second-order valence-electron chi connectivity index (χ2n) is 2.91. The molecule has 66 valence electrons. The van der Waals surface area contributed by atoms with Gasteiger partial charge in [-0.15, -0.1) is 0 Å². The largest absolute Gasteiger partial charge is 0.212 e. The molecule has 2 rings (SSSR count). The molecule has 0 saturated heterocycles. The maximum Gasteiger partial charge on any atom is 0.212 e. The van der Waals surface area contributed by atoms with Gasteiger partial charge in [0.25, 0.3) is 0 Å². The van der Waals surface area contributed by atoms with Crippen LogP contribution in [0.5, 0.6) is 0 Å². The fourth-order valence-corrected chi connectivity index (χ4v) is 1.34. The van der Waals surface area contributed by atoms with Crippen molar-refractivity contribution in [3.63, 3.8) is 0 Å². The van der Waals surface area contributed by atoms with E-state index in [1.165, 1.54) is 6.20 Å². The molecule has 0 atom stereocenters. The van der Waals surface area contributed by atoms with Crippen LogP contribution in [0.1, 0.15) is 5.56 Å². The molecule has 1 aliphatic rings. The first-order chi connectivity index (χ1) is 6.20. The minimum atomic E-state index is -1.19. The summed E-state index contributed by atoms with van der Waals surface area (Å²) in [5.74, 6) is 0. The Bertz CT molecular complexity index is 380. The predicted octanol–water partition coefficient (Wildman–Crippen LogP) is 2.31. The third-order valence-corrected chi connectivity index (χ3v) is 1.97. The molecule has 0 fully saturated rings. The molecule has 0 aliphatic carbocycles. The Labute approximate surface area is 76.0 Å². The number of fused-ring (bicyclic) bond motifs is 1. The molecule has 0 unspecified atom stereocenters. The van der Waals surface area contributed by atoms with Gasteiger partial charge in [-0.05, 0) is 18.2 Å². The van der Waals surface area contributed by atoms with Gasteiger partial charge in [0.1, 0.15) is 0 Å². The van der Waals surface area contributed by atoms with Crippen molar-refractivity contribution in [3.05, 3.63) is 48.2 Å². The van der Waals surface area contributed by atoms with Crippen molar-refractivity contribution >= 4 is 11.8 Å². The lowest BCUT2D eigenvalue weighted by atomic mass is 10.1. The molecule has 0 radical (unpaired) electrons. The Morgan fingerprint density at radius 1 is 1.00 bits per heavy atom. The van der Waals surface area contributed by atoms with E-state index in [1.807, 2.05) is 18.2 Å². The zero-order valence-corrected chi connectivity index (χ0v) is 6.96. The monoisotopic (exact) mass is 176 g/mol. The van der Waals surface area contributed by atoms with E-state index in [-0.39, 0.29) is 0 Å². The number of hydrogen-bond acceptors (Lipinski definition) is 2. The van der Waals surface area contributed by atoms with Gasteiger partial charge in [0.05, 0.1) is 0 Å². The first kappa shape index (κ1) is 8.19. The second-order valence-corrected chi connectivity index (χ2v) is 2.91. The number of nitrogens with zero attached hydrogens (tertiary/aromatic N) is 1. The van der Waals surface area contributed by atoms with Crippen molar-refractivity contribution in [3.8, 4) is 0 Å². The van der Waals surface area contributed by atoms with Crippen LogP contribution in [-0.4, -0.2) is 10.4 Å². The van der Waals surface area contributed by atoms with E-state index in [2.05, 4.69) is 0 Å². The van der Waals surface area contributed by atoms with Gasteiger partial charge < -0.3 is 0 Å². The van der Waals surface area contributed by atoms with E-state index in [1.54, 1.807) is 24.3 Å². The van der Waals surface area contributed by atoms with Gasteiger partial charge in [-0.1, -0.05) is 18.2 Å². The molecule has 1 aromatic rings. The summed E-state index contributed by atoms with van der Waals surface area (Å²) in [7, 11) is 0. The van der Waals surface area contributed by atoms with Crippen LogP contribution < -0.4 is 4.81 Å². The standard InChI is InChI=1S/C10H10NO2/c12-11(13)8-4-3-6-9-5-1-2-7-10(9)11/h1-8,12-13H/q+1. The van der Waals surface area contributed by atoms with Gasteiger partial charge in [0.2, 0.25) is 5.69 Å². The summed E-state index contributed by atoms with van der Waals surface area (Å²) in [5, 5.41) is 19.1. The molecule has 0 aromatic heterocycles. The van der Waals surface area contributed by atoms with Crippen molar-refractivity contribution in [1.29, 1.82) is 0 Å². The first-order valence-corrected chi connectivity index (χ1v) is 4.00. The zero-order valence-electron chi connectivity index (χ0n) is 6.96. The molecule has 0 bridgehead atoms. The quantitative estimate of drug-likeness (QED) is 0.595. The highest BCUT2D eigenvalue weighted by Crippen LogP contribution is 2.27. The number of quaternary nitrogens is 1. The van der Waals surface area contributed by atoms with Crippen LogP contribution in [0.15, 0.2) is 42.6 Å². The smallest absolute Gasteiger partial charge is 0.171 e. The van der Waals surface area contributed by atoms with E-state index in [0.717, 1.165) is 5.56 Å². The highest BCUT2D eigenvalue weighted by Gasteiger charge is 2.27. The summed E-state index contributed by atoms with van der Waals surface area (Å²) in [4.78, 5) is -1.19. The number of allylic oxidation sites excluding steroid dienone is 2. The Balaban J connectivity index is 2.64. The molecule has 3 nitrogen and oxygen atoms in total. The van der Waals surface area contributed by atoms with E-state index >= 15 is 0 Å². The Morgan fingerprint density at radius 2 is 1.77 bits per heavy atom. The van der Waals surface area contributed by atoms with Crippen LogP contribution in [0.25, 0.3) is 6.08 Å². The summed E-state index contributed by atoms with van der Waals surface area (Å²) in [6.07, 6.45) is 6.49. The normalized spacial score (nSPS) is 18.0. The molecule has 0 spiro atoms. The number of hydrogen-bond donors (Lipinski definition) is 2. The van der Waals surface area contributed by atoms with Crippen LogP contribution in [-0.2, 0) is 0 Å². The highest BCUT2D eigenvalue weighted by atomic mass is 16.8. The predicted molar refractivity (Wildman–Crippen MR) is 50.0 cm³/mol. The fourth-order valence-electron chi connectivity index (χ4n) is 1.34. The summed E-state index contributed by atoms with van der Waals surface area (Å²) < 4.78 is 0. The average Bonchev–Trinajstić information content (AvgIpc) is 2.26. The van der Waals surface area contributed by atoms with Crippen molar-refractivity contribution < 1.29 is 10.4 Å². The molecule has 13 heavy (non-hydrogen) atoms. The maximum atomic E-state index is 9.57. The molecule has 0 saturated carbocycles. The SMILES string of the molecule is O[N+]1(O)C=CC=Cc2ccccc21. The molecule has 3 heteroatoms. The van der Waals surface area contributed by atoms with E-state index in [4.69, 9.17) is 0 Å². The van der Waals surface area contributed by atoms with Crippen LogP contribution >= 0.6 is 0 Å². The number of para-hydroxylation sites is 1. The summed E-state index contributed by atoms with van der Waals surface area (Å²) in [5.41, 5.74) is 1.25. The molecule has 1 heterocycles. The van der Waals surface area contributed by atoms with Gasteiger partial charge in [0, 0.05) is 16.4 Å². The third-order valence-electron chi connectivity index (χ3n) is 1.97. The van der Waals surface area contributed by atoms with Crippen LogP contribution in [0.2, 0.25) is 0 Å². The Morgan fingerprint density at radius 3 is 2.62 bits per heavy atom. The maximum absolute atomic E-state index is 9.57. The fraction of sp³-hybridized carbons (Fsp3) is 0.